The van der Waals surface area contributed by atoms with E-state index in [1.165, 1.54) is 38.6 Å². The molecule has 192 valence electrons. The molecule has 5 rings (SSSR count). The summed E-state index contributed by atoms with van der Waals surface area (Å²) in [6, 6.07) is 8.16. The monoisotopic (exact) mass is 484 g/mol. The van der Waals surface area contributed by atoms with Gasteiger partial charge in [-0.05, 0) is 89.2 Å². The molecule has 8 heteroatoms. The molecule has 3 heterocycles. The van der Waals surface area contributed by atoms with Crippen LogP contribution in [0.25, 0.3) is 0 Å². The van der Waals surface area contributed by atoms with Crippen LogP contribution in [-0.4, -0.2) is 71.2 Å². The fraction of sp³-hybridized carbons (Fsp3) is 0.741. The molecule has 2 bridgehead atoms. The zero-order chi connectivity index (χ0) is 24.8. The number of anilines is 1. The summed E-state index contributed by atoms with van der Waals surface area (Å²) in [6.07, 6.45) is 8.43. The highest BCUT2D eigenvalue weighted by molar-refractivity contribution is 5.68. The lowest BCUT2D eigenvalue weighted by atomic mass is 9.65. The molecule has 1 aromatic rings. The average molecular weight is 485 g/mol. The second kappa shape index (κ2) is 9.26. The Kier molecular flexibility index (Phi) is 6.45. The number of piperidine rings is 1. The van der Waals surface area contributed by atoms with Gasteiger partial charge in [-0.15, -0.1) is 0 Å². The van der Waals surface area contributed by atoms with Gasteiger partial charge < -0.3 is 14.5 Å². The van der Waals surface area contributed by atoms with Gasteiger partial charge in [0.2, 0.25) is 0 Å². The molecule has 0 N–H and O–H groups in total. The zero-order valence-electron chi connectivity index (χ0n) is 21.4. The van der Waals surface area contributed by atoms with Crippen LogP contribution in [0.3, 0.4) is 0 Å². The van der Waals surface area contributed by atoms with Gasteiger partial charge in [0.05, 0.1) is 4.92 Å². The van der Waals surface area contributed by atoms with Gasteiger partial charge in [-0.1, -0.05) is 0 Å². The number of hydrogen-bond acceptors (Lipinski definition) is 6. The fourth-order valence-corrected chi connectivity index (χ4v) is 6.85. The SMILES string of the molecule is CC(C)(C)OC(=O)N1CCC2(CCC(CN3C[C@@H]4C[C@H]3CN4c3ccc([N+](=O)[O-])cc3)CC2)CC1. The zero-order valence-corrected chi connectivity index (χ0v) is 21.4. The lowest BCUT2D eigenvalue weighted by Gasteiger charge is -2.47. The standard InChI is InChI=1S/C27H40N4O4/c1-26(2,3)35-25(32)28-14-12-27(13-15-28)10-8-20(9-11-27)17-29-18-24-16-23(29)19-30(24)21-4-6-22(7-5-21)31(33)34/h4-7,20,23-24H,8-19H2,1-3H3/t23-,24-/m0/s1. The third kappa shape index (κ3) is 5.27. The van der Waals surface area contributed by atoms with E-state index in [0.29, 0.717) is 17.5 Å². The van der Waals surface area contributed by atoms with E-state index < -0.39 is 5.60 Å². The number of benzene rings is 1. The van der Waals surface area contributed by atoms with Crippen molar-refractivity contribution in [3.8, 4) is 0 Å². The van der Waals surface area contributed by atoms with Crippen molar-refractivity contribution in [1.82, 2.24) is 9.80 Å². The van der Waals surface area contributed by atoms with Crippen LogP contribution >= 0.6 is 0 Å². The largest absolute Gasteiger partial charge is 0.444 e. The van der Waals surface area contributed by atoms with Gasteiger partial charge >= 0.3 is 6.09 Å². The van der Waals surface area contributed by atoms with Gasteiger partial charge in [-0.2, -0.15) is 0 Å². The van der Waals surface area contributed by atoms with Crippen molar-refractivity contribution >= 4 is 17.5 Å². The van der Waals surface area contributed by atoms with Crippen LogP contribution in [0.15, 0.2) is 24.3 Å². The molecule has 3 saturated heterocycles. The minimum Gasteiger partial charge on any atom is -0.444 e. The van der Waals surface area contributed by atoms with Gasteiger partial charge in [0.15, 0.2) is 0 Å². The first-order chi connectivity index (χ1) is 16.6. The van der Waals surface area contributed by atoms with E-state index in [-0.39, 0.29) is 16.7 Å². The number of nitro benzene ring substituents is 1. The summed E-state index contributed by atoms with van der Waals surface area (Å²) in [4.78, 5) is 30.1. The van der Waals surface area contributed by atoms with Crippen molar-refractivity contribution in [2.75, 3.05) is 37.6 Å². The lowest BCUT2D eigenvalue weighted by Crippen LogP contribution is -2.49. The maximum absolute atomic E-state index is 12.4. The molecule has 35 heavy (non-hydrogen) atoms. The molecule has 8 nitrogen and oxygen atoms in total. The molecule has 1 aromatic carbocycles. The Balaban J connectivity index is 1.07. The maximum atomic E-state index is 12.4. The van der Waals surface area contributed by atoms with Crippen molar-refractivity contribution in [3.05, 3.63) is 34.4 Å². The Morgan fingerprint density at radius 2 is 1.71 bits per heavy atom. The number of fused-ring (bicyclic) bond motifs is 2. The topological polar surface area (TPSA) is 79.2 Å². The predicted molar refractivity (Wildman–Crippen MR) is 136 cm³/mol. The smallest absolute Gasteiger partial charge is 0.410 e. The number of non-ortho nitro benzene ring substituents is 1. The number of nitro groups is 1. The first-order valence-electron chi connectivity index (χ1n) is 13.3. The van der Waals surface area contributed by atoms with Crippen LogP contribution in [0.4, 0.5) is 16.2 Å². The molecule has 2 atom stereocenters. The maximum Gasteiger partial charge on any atom is 0.410 e. The summed E-state index contributed by atoms with van der Waals surface area (Å²) in [5.41, 5.74) is 1.26. The number of rotatable bonds is 4. The molecule has 0 aromatic heterocycles. The number of amides is 1. The molecule has 1 amide bonds. The number of ether oxygens (including phenoxy) is 1. The van der Waals surface area contributed by atoms with Crippen molar-refractivity contribution in [2.45, 2.75) is 83.4 Å². The van der Waals surface area contributed by atoms with Crippen LogP contribution in [0, 0.1) is 21.4 Å². The molecule has 1 aliphatic carbocycles. The van der Waals surface area contributed by atoms with E-state index in [9.17, 15) is 14.9 Å². The van der Waals surface area contributed by atoms with E-state index in [2.05, 4.69) is 9.80 Å². The molecule has 4 aliphatic rings. The number of hydrogen-bond donors (Lipinski definition) is 0. The summed E-state index contributed by atoms with van der Waals surface area (Å²) >= 11 is 0. The van der Waals surface area contributed by atoms with Crippen LogP contribution in [0.5, 0.6) is 0 Å². The molecule has 1 spiro atoms. The minimum atomic E-state index is -0.432. The Hall–Kier alpha value is -2.35. The number of carbonyl (C=O) groups is 1. The second-order valence-electron chi connectivity index (χ2n) is 12.3. The number of nitrogens with zero attached hydrogens (tertiary/aromatic N) is 4. The molecule has 1 saturated carbocycles. The normalized spacial score (nSPS) is 26.9. The van der Waals surface area contributed by atoms with Crippen LogP contribution < -0.4 is 4.90 Å². The highest BCUT2D eigenvalue weighted by Crippen LogP contribution is 2.47. The Morgan fingerprint density at radius 1 is 1.06 bits per heavy atom. The quantitative estimate of drug-likeness (QED) is 0.439. The second-order valence-corrected chi connectivity index (χ2v) is 12.3. The predicted octanol–water partition coefficient (Wildman–Crippen LogP) is 5.07. The Bertz CT molecular complexity index is 925. The molecule has 0 unspecified atom stereocenters. The van der Waals surface area contributed by atoms with Gasteiger partial charge in [0.1, 0.15) is 5.60 Å². The summed E-state index contributed by atoms with van der Waals surface area (Å²) in [6.45, 7) is 10.8. The molecular weight excluding hydrogens is 444 g/mol. The van der Waals surface area contributed by atoms with E-state index in [1.807, 2.05) is 37.8 Å². The Labute approximate surface area is 208 Å². The van der Waals surface area contributed by atoms with E-state index in [4.69, 9.17) is 4.74 Å². The summed E-state index contributed by atoms with van der Waals surface area (Å²) < 4.78 is 5.57. The van der Waals surface area contributed by atoms with Crippen molar-refractivity contribution in [1.29, 1.82) is 0 Å². The molecular formula is C27H40N4O4. The lowest BCUT2D eigenvalue weighted by molar-refractivity contribution is -0.384. The molecule has 0 radical (unpaired) electrons. The van der Waals surface area contributed by atoms with Gasteiger partial charge in [0.25, 0.3) is 5.69 Å². The van der Waals surface area contributed by atoms with Crippen LogP contribution in [0.2, 0.25) is 0 Å². The first-order valence-corrected chi connectivity index (χ1v) is 13.3. The van der Waals surface area contributed by atoms with Crippen molar-refractivity contribution in [2.24, 2.45) is 11.3 Å². The summed E-state index contributed by atoms with van der Waals surface area (Å²) in [7, 11) is 0. The highest BCUT2D eigenvalue weighted by Gasteiger charge is 2.45. The van der Waals surface area contributed by atoms with E-state index >= 15 is 0 Å². The fourth-order valence-electron chi connectivity index (χ4n) is 6.85. The first kappa shape index (κ1) is 24.3. The third-order valence-electron chi connectivity index (χ3n) is 8.88. The third-order valence-corrected chi connectivity index (χ3v) is 8.88. The summed E-state index contributed by atoms with van der Waals surface area (Å²) in [5.74, 6) is 0.775. The summed E-state index contributed by atoms with van der Waals surface area (Å²) in [5, 5.41) is 10.9. The van der Waals surface area contributed by atoms with Gasteiger partial charge in [-0.25, -0.2) is 4.79 Å². The van der Waals surface area contributed by atoms with Crippen LogP contribution in [0.1, 0.15) is 65.7 Å². The highest BCUT2D eigenvalue weighted by atomic mass is 16.6. The van der Waals surface area contributed by atoms with Crippen molar-refractivity contribution in [3.63, 3.8) is 0 Å². The Morgan fingerprint density at radius 3 is 2.26 bits per heavy atom. The van der Waals surface area contributed by atoms with Crippen LogP contribution in [-0.2, 0) is 4.74 Å². The minimum absolute atomic E-state index is 0.158. The average Bonchev–Trinajstić information content (AvgIpc) is 3.41. The van der Waals surface area contributed by atoms with E-state index in [0.717, 1.165) is 50.6 Å². The van der Waals surface area contributed by atoms with Crippen molar-refractivity contribution < 1.29 is 14.5 Å². The molecule has 3 aliphatic heterocycles. The van der Waals surface area contributed by atoms with Gasteiger partial charge in [-0.3, -0.25) is 15.0 Å². The molecule has 4 fully saturated rings. The number of carbonyl (C=O) groups excluding carboxylic acids is 1. The number of likely N-dealkylation sites (tertiary alicyclic amines) is 2. The van der Waals surface area contributed by atoms with Gasteiger partial charge in [0, 0.05) is 62.6 Å². The number of piperazine rings is 1. The van der Waals surface area contributed by atoms with E-state index in [1.54, 1.807) is 12.1 Å².